The van der Waals surface area contributed by atoms with Crippen LogP contribution in [0.5, 0.6) is 11.5 Å². The van der Waals surface area contributed by atoms with Crippen LogP contribution in [0.25, 0.3) is 0 Å². The van der Waals surface area contributed by atoms with Crippen LogP contribution in [0.15, 0.2) is 60.8 Å². The molecule has 8 atom stereocenters. The standard InChI is InChI=1S/C36H48FNO7/c1-7-25(27(39)14-11-22-9-12-23(37)13-10-22)38-26(8-2)31-15-16-36(5,6)33(44-31)19-29(41)21(4)32-17-24-20(3)28(40)18-30(42)34(24)35(43)45-32/h8-9,12-13,18,21-22,26-27,29,31-33,38-42H,1-2,10-11,14-17,19H2,3-6H3/t21-,22?,26?,27?,29?,31+,32-,33?/m1/s1. The average Bonchev–Trinajstić information content (AvgIpc) is 3.00. The number of fused-ring (bicyclic) bond motifs is 1. The quantitative estimate of drug-likeness (QED) is 0.112. The Bertz CT molecular complexity index is 1380. The highest BCUT2D eigenvalue weighted by atomic mass is 19.1. The number of esters is 1. The first kappa shape index (κ1) is 34.5. The molecule has 8 nitrogen and oxygen atoms in total. The molecular formula is C36H48FNO7. The lowest BCUT2D eigenvalue weighted by atomic mass is 9.74. The molecule has 0 saturated carbocycles. The summed E-state index contributed by atoms with van der Waals surface area (Å²) in [6.07, 6.45) is 7.50. The summed E-state index contributed by atoms with van der Waals surface area (Å²) in [5.74, 6) is -1.62. The van der Waals surface area contributed by atoms with E-state index in [1.807, 2.05) is 13.0 Å². The van der Waals surface area contributed by atoms with Gasteiger partial charge in [-0.25, -0.2) is 9.18 Å². The fourth-order valence-corrected chi connectivity index (χ4v) is 6.60. The summed E-state index contributed by atoms with van der Waals surface area (Å²) in [5, 5.41) is 46.1. The Labute approximate surface area is 265 Å². The van der Waals surface area contributed by atoms with Crippen molar-refractivity contribution in [3.05, 3.63) is 77.5 Å². The molecule has 0 radical (unpaired) electrons. The number of benzene rings is 1. The number of hydrogen-bond acceptors (Lipinski definition) is 8. The van der Waals surface area contributed by atoms with Crippen molar-refractivity contribution in [2.45, 2.75) is 109 Å². The van der Waals surface area contributed by atoms with Gasteiger partial charge in [0.25, 0.3) is 0 Å². The third-order valence-electron chi connectivity index (χ3n) is 9.92. The smallest absolute Gasteiger partial charge is 0.342 e. The molecule has 0 amide bonds. The van der Waals surface area contributed by atoms with Crippen LogP contribution in [-0.4, -0.2) is 63.0 Å². The number of nitrogens with one attached hydrogen (secondary N) is 1. The van der Waals surface area contributed by atoms with Crippen LogP contribution in [0.1, 0.15) is 80.8 Å². The van der Waals surface area contributed by atoms with Gasteiger partial charge in [0.15, 0.2) is 0 Å². The first-order chi connectivity index (χ1) is 21.2. The normalized spacial score (nSPS) is 26.7. The number of carbonyl (C=O) groups is 1. The van der Waals surface area contributed by atoms with Gasteiger partial charge in [-0.15, -0.1) is 12.3 Å². The summed E-state index contributed by atoms with van der Waals surface area (Å²) < 4.78 is 25.6. The van der Waals surface area contributed by atoms with Crippen LogP contribution < -0.4 is 5.32 Å². The maximum absolute atomic E-state index is 13.3. The number of aromatic hydroxyl groups is 2. The number of phenols is 2. The van der Waals surface area contributed by atoms with E-state index >= 15 is 0 Å². The van der Waals surface area contributed by atoms with Gasteiger partial charge in [0.2, 0.25) is 0 Å². The summed E-state index contributed by atoms with van der Waals surface area (Å²) >= 11 is 0. The van der Waals surface area contributed by atoms with Crippen molar-refractivity contribution in [2.24, 2.45) is 17.3 Å². The molecule has 45 heavy (non-hydrogen) atoms. The topological polar surface area (TPSA) is 128 Å². The van der Waals surface area contributed by atoms with Gasteiger partial charge >= 0.3 is 5.97 Å². The summed E-state index contributed by atoms with van der Waals surface area (Å²) in [6.45, 7) is 15.5. The summed E-state index contributed by atoms with van der Waals surface area (Å²) in [4.78, 5) is 12.8. The van der Waals surface area contributed by atoms with Crippen molar-refractivity contribution < 1.29 is 39.1 Å². The Morgan fingerprint density at radius 2 is 2.00 bits per heavy atom. The highest BCUT2D eigenvalue weighted by Gasteiger charge is 2.43. The van der Waals surface area contributed by atoms with Gasteiger partial charge in [-0.2, -0.15) is 0 Å². The molecular weight excluding hydrogens is 577 g/mol. The lowest BCUT2D eigenvalue weighted by Gasteiger charge is -2.46. The van der Waals surface area contributed by atoms with Gasteiger partial charge in [-0.3, -0.25) is 0 Å². The highest BCUT2D eigenvalue weighted by molar-refractivity contribution is 5.96. The minimum absolute atomic E-state index is 0.0576. The monoisotopic (exact) mass is 625 g/mol. The zero-order valence-electron chi connectivity index (χ0n) is 26.8. The van der Waals surface area contributed by atoms with Crippen molar-refractivity contribution in [1.29, 1.82) is 0 Å². The molecule has 1 aliphatic carbocycles. The number of hydrogen-bond donors (Lipinski definition) is 5. The van der Waals surface area contributed by atoms with Gasteiger partial charge < -0.3 is 35.2 Å². The van der Waals surface area contributed by atoms with E-state index in [4.69, 9.17) is 9.47 Å². The van der Waals surface area contributed by atoms with Crippen LogP contribution in [0, 0.1) is 24.2 Å². The number of carbonyl (C=O) groups excluding carboxylic acids is 1. The van der Waals surface area contributed by atoms with E-state index in [0.29, 0.717) is 42.5 Å². The van der Waals surface area contributed by atoms with E-state index in [0.717, 1.165) is 18.9 Å². The maximum atomic E-state index is 13.3. The second kappa shape index (κ2) is 14.4. The molecule has 2 heterocycles. The second-order valence-corrected chi connectivity index (χ2v) is 13.4. The Kier molecular flexibility index (Phi) is 11.0. The Balaban J connectivity index is 1.38. The SMILES string of the molecule is C=C=C(NC(C=C)[C@@H]1CCC(C)(C)C(CC(O)[C@@H](C)[C@H]2Cc3c(C)c(O)cc(O)c3C(=O)O2)O1)C(O)CCC1C=CC(F)=CC1. The van der Waals surface area contributed by atoms with Gasteiger partial charge in [0.05, 0.1) is 30.1 Å². The number of halogens is 1. The number of aliphatic hydroxyl groups is 2. The average molecular weight is 626 g/mol. The van der Waals surface area contributed by atoms with E-state index in [2.05, 4.69) is 38.1 Å². The summed E-state index contributed by atoms with van der Waals surface area (Å²) in [7, 11) is 0. The van der Waals surface area contributed by atoms with Gasteiger partial charge in [-0.1, -0.05) is 39.5 Å². The second-order valence-electron chi connectivity index (χ2n) is 13.4. The molecule has 3 aliphatic rings. The van der Waals surface area contributed by atoms with Crippen molar-refractivity contribution in [2.75, 3.05) is 0 Å². The largest absolute Gasteiger partial charge is 0.508 e. The summed E-state index contributed by atoms with van der Waals surface area (Å²) in [6, 6.07) is 0.797. The number of aliphatic hydroxyl groups excluding tert-OH is 2. The molecule has 1 aromatic carbocycles. The molecule has 0 bridgehead atoms. The van der Waals surface area contributed by atoms with E-state index in [9.17, 15) is 29.6 Å². The zero-order chi connectivity index (χ0) is 33.1. The lowest BCUT2D eigenvalue weighted by Crippen LogP contribution is -2.51. The van der Waals surface area contributed by atoms with Gasteiger partial charge in [-0.05, 0) is 73.6 Å². The molecule has 1 saturated heterocycles. The number of rotatable bonds is 12. The minimum atomic E-state index is -0.865. The fourth-order valence-electron chi connectivity index (χ4n) is 6.60. The fraction of sp³-hybridized carbons (Fsp3) is 0.556. The van der Waals surface area contributed by atoms with Crippen molar-refractivity contribution >= 4 is 5.97 Å². The van der Waals surface area contributed by atoms with E-state index in [-0.39, 0.29) is 58.9 Å². The van der Waals surface area contributed by atoms with Gasteiger partial charge in [0, 0.05) is 24.8 Å². The number of phenolic OH excluding ortho intramolecular Hbond substituents is 2. The zero-order valence-corrected chi connectivity index (χ0v) is 26.8. The van der Waals surface area contributed by atoms with Crippen LogP contribution in [0.3, 0.4) is 0 Å². The molecule has 4 rings (SSSR count). The van der Waals surface area contributed by atoms with Gasteiger partial charge in [0.1, 0.15) is 35.1 Å². The molecule has 0 spiro atoms. The molecule has 5 N–H and O–H groups in total. The number of cyclic esters (lactones) is 1. The van der Waals surface area contributed by atoms with E-state index < -0.39 is 30.2 Å². The summed E-state index contributed by atoms with van der Waals surface area (Å²) in [5.41, 5.74) is 4.12. The molecule has 1 aromatic rings. The Morgan fingerprint density at radius 1 is 1.27 bits per heavy atom. The van der Waals surface area contributed by atoms with Crippen molar-refractivity contribution in [3.63, 3.8) is 0 Å². The molecule has 9 heteroatoms. The number of ether oxygens (including phenoxy) is 2. The highest BCUT2D eigenvalue weighted by Crippen LogP contribution is 2.42. The minimum Gasteiger partial charge on any atom is -0.508 e. The van der Waals surface area contributed by atoms with Crippen LogP contribution in [-0.2, 0) is 15.9 Å². The molecule has 246 valence electrons. The third-order valence-corrected chi connectivity index (χ3v) is 9.92. The number of allylic oxidation sites excluding steroid dienone is 4. The molecule has 5 unspecified atom stereocenters. The van der Waals surface area contributed by atoms with Crippen LogP contribution in [0.4, 0.5) is 4.39 Å². The van der Waals surface area contributed by atoms with Crippen molar-refractivity contribution in [3.8, 4) is 11.5 Å². The first-order valence-electron chi connectivity index (χ1n) is 15.9. The van der Waals surface area contributed by atoms with Crippen LogP contribution in [0.2, 0.25) is 0 Å². The van der Waals surface area contributed by atoms with E-state index in [1.165, 1.54) is 6.08 Å². The molecule has 1 fully saturated rings. The predicted octanol–water partition coefficient (Wildman–Crippen LogP) is 5.83. The third kappa shape index (κ3) is 7.90. The lowest BCUT2D eigenvalue weighted by molar-refractivity contribution is -0.143. The van der Waals surface area contributed by atoms with Crippen LogP contribution >= 0.6 is 0 Å². The first-order valence-corrected chi connectivity index (χ1v) is 15.9. The molecule has 0 aromatic heterocycles. The Morgan fingerprint density at radius 3 is 2.64 bits per heavy atom. The maximum Gasteiger partial charge on any atom is 0.342 e. The predicted molar refractivity (Wildman–Crippen MR) is 170 cm³/mol. The van der Waals surface area contributed by atoms with E-state index in [1.54, 1.807) is 19.1 Å². The molecule has 2 aliphatic heterocycles. The Hall–Kier alpha value is -3.36. The van der Waals surface area contributed by atoms with Crippen molar-refractivity contribution in [1.82, 2.24) is 5.32 Å².